The smallest absolute Gasteiger partial charge is 0.263 e. The monoisotopic (exact) mass is 569 g/mol. The maximum atomic E-state index is 13.1. The molecule has 1 saturated heterocycles. The highest BCUT2D eigenvalue weighted by molar-refractivity contribution is 5.93. The molecule has 12 nitrogen and oxygen atoms in total. The van der Waals surface area contributed by atoms with Crippen molar-refractivity contribution in [1.82, 2.24) is 44.5 Å². The Morgan fingerprint density at radius 2 is 1.93 bits per heavy atom. The molecule has 2 aliphatic heterocycles. The number of benzene rings is 1. The van der Waals surface area contributed by atoms with Gasteiger partial charge in [-0.1, -0.05) is 22.9 Å². The van der Waals surface area contributed by atoms with Gasteiger partial charge in [0.05, 0.1) is 24.5 Å². The normalized spacial score (nSPS) is 20.0. The first-order valence-electron chi connectivity index (χ1n) is 14.2. The van der Waals surface area contributed by atoms with Crippen molar-refractivity contribution >= 4 is 11.8 Å². The summed E-state index contributed by atoms with van der Waals surface area (Å²) in [6.07, 6.45) is 7.57. The third-order valence-electron chi connectivity index (χ3n) is 8.18. The average Bonchev–Trinajstić information content (AvgIpc) is 3.71. The second-order valence-electron chi connectivity index (χ2n) is 11.4. The summed E-state index contributed by atoms with van der Waals surface area (Å²) in [4.78, 5) is 43.0. The van der Waals surface area contributed by atoms with Gasteiger partial charge in [-0.15, -0.1) is 5.10 Å². The van der Waals surface area contributed by atoms with Crippen LogP contribution in [0.25, 0.3) is 5.69 Å². The molecule has 0 radical (unpaired) electrons. The van der Waals surface area contributed by atoms with E-state index in [4.69, 9.17) is 0 Å². The van der Waals surface area contributed by atoms with Crippen molar-refractivity contribution in [3.63, 3.8) is 0 Å². The number of nitrogens with zero attached hydrogens (tertiary/aromatic N) is 8. The maximum Gasteiger partial charge on any atom is 0.263 e. The summed E-state index contributed by atoms with van der Waals surface area (Å²) in [5.74, 6) is -0.463. The molecule has 12 heteroatoms. The zero-order valence-electron chi connectivity index (χ0n) is 24.1. The lowest BCUT2D eigenvalue weighted by atomic mass is 9.99. The van der Waals surface area contributed by atoms with Crippen molar-refractivity contribution in [2.45, 2.75) is 39.4 Å². The van der Waals surface area contributed by atoms with Crippen LogP contribution in [-0.4, -0.2) is 84.2 Å². The van der Waals surface area contributed by atoms with Crippen LogP contribution < -0.4 is 10.9 Å². The third kappa shape index (κ3) is 5.49. The molecule has 5 heterocycles. The summed E-state index contributed by atoms with van der Waals surface area (Å²) >= 11 is 0. The molecule has 6 rings (SSSR count). The van der Waals surface area contributed by atoms with Gasteiger partial charge < -0.3 is 14.8 Å². The zero-order chi connectivity index (χ0) is 29.4. The number of hydrogen-bond donors (Lipinski definition) is 1. The Morgan fingerprint density at radius 1 is 1.07 bits per heavy atom. The Labute approximate surface area is 243 Å². The number of fused-ring (bicyclic) bond motifs is 6. The summed E-state index contributed by atoms with van der Waals surface area (Å²) in [5.41, 5.74) is 4.89. The van der Waals surface area contributed by atoms with Gasteiger partial charge in [-0.05, 0) is 43.2 Å². The highest BCUT2D eigenvalue weighted by atomic mass is 16.2. The molecule has 0 unspecified atom stereocenters. The fraction of sp³-hybridized carbons (Fsp3) is 0.400. The molecule has 1 aromatic carbocycles. The van der Waals surface area contributed by atoms with E-state index in [9.17, 15) is 14.4 Å². The largest absolute Gasteiger partial charge is 0.354 e. The Morgan fingerprint density at radius 3 is 2.74 bits per heavy atom. The lowest BCUT2D eigenvalue weighted by Crippen LogP contribution is -2.39. The predicted molar refractivity (Wildman–Crippen MR) is 155 cm³/mol. The van der Waals surface area contributed by atoms with Crippen molar-refractivity contribution < 1.29 is 9.59 Å². The molecule has 2 atom stereocenters. The van der Waals surface area contributed by atoms with Crippen molar-refractivity contribution in [3.8, 4) is 5.69 Å². The van der Waals surface area contributed by atoms with Crippen LogP contribution in [-0.2, 0) is 17.9 Å². The molecule has 4 bridgehead atoms. The summed E-state index contributed by atoms with van der Waals surface area (Å²) < 4.78 is 5.23. The average molecular weight is 570 g/mol. The molecule has 2 aliphatic rings. The van der Waals surface area contributed by atoms with Gasteiger partial charge in [-0.3, -0.25) is 19.3 Å². The van der Waals surface area contributed by atoms with Gasteiger partial charge in [0, 0.05) is 70.7 Å². The predicted octanol–water partition coefficient (Wildman–Crippen LogP) is 1.56. The zero-order valence-corrected chi connectivity index (χ0v) is 24.1. The van der Waals surface area contributed by atoms with E-state index >= 15 is 0 Å². The summed E-state index contributed by atoms with van der Waals surface area (Å²) in [6, 6.07) is 9.44. The van der Waals surface area contributed by atoms with E-state index in [-0.39, 0.29) is 41.4 Å². The molecule has 42 heavy (non-hydrogen) atoms. The first kappa shape index (κ1) is 27.6. The number of aromatic nitrogens is 6. The second-order valence-corrected chi connectivity index (χ2v) is 11.4. The molecule has 4 aromatic rings. The third-order valence-corrected chi connectivity index (χ3v) is 8.18. The molecule has 2 amide bonds. The SMILES string of the molecule is Cc1cc(C)c(-n2cccn2)c(CN2C[C@@H]3CC(=O)NCCN(C)C(=O)c4cccn(c4=O)Cc4cn(nn4)[C@@H]3C2)c1. The van der Waals surface area contributed by atoms with Crippen molar-refractivity contribution in [2.75, 3.05) is 33.2 Å². The van der Waals surface area contributed by atoms with Crippen LogP contribution in [0, 0.1) is 19.8 Å². The van der Waals surface area contributed by atoms with Crippen LogP contribution in [0.2, 0.25) is 0 Å². The fourth-order valence-corrected chi connectivity index (χ4v) is 6.24. The van der Waals surface area contributed by atoms with E-state index in [2.05, 4.69) is 51.6 Å². The number of carbonyl (C=O) groups is 2. The van der Waals surface area contributed by atoms with Crippen LogP contribution in [0.4, 0.5) is 0 Å². The fourth-order valence-electron chi connectivity index (χ4n) is 6.24. The van der Waals surface area contributed by atoms with Gasteiger partial charge in [0.1, 0.15) is 11.3 Å². The lowest BCUT2D eigenvalue weighted by Gasteiger charge is -2.20. The molecule has 1 fully saturated rings. The number of likely N-dealkylation sites (N-methyl/N-ethyl adjacent to an activating group) is 1. The summed E-state index contributed by atoms with van der Waals surface area (Å²) in [5, 5.41) is 16.3. The maximum absolute atomic E-state index is 13.1. The second kappa shape index (κ2) is 11.4. The standard InChI is InChI=1S/C30H35N9O3/c1-20-12-21(2)28(38-10-5-7-32-38)23(13-20)16-36-15-22-14-27(40)31-8-11-35(3)29(41)25-6-4-9-37(30(25)42)17-24-18-39(34-33-24)26(22)19-36/h4-7,9-10,12-13,18,22,26H,8,11,14-17,19H2,1-3H3,(H,31,40)/t22-,26+/m0/s1. The van der Waals surface area contributed by atoms with Gasteiger partial charge in [0.25, 0.3) is 11.5 Å². The van der Waals surface area contributed by atoms with Gasteiger partial charge in [-0.25, -0.2) is 9.36 Å². The number of carbonyl (C=O) groups excluding carboxylic acids is 2. The lowest BCUT2D eigenvalue weighted by molar-refractivity contribution is -0.122. The van der Waals surface area contributed by atoms with Gasteiger partial charge in [0.15, 0.2) is 0 Å². The minimum Gasteiger partial charge on any atom is -0.354 e. The molecular weight excluding hydrogens is 534 g/mol. The number of hydrogen-bond acceptors (Lipinski definition) is 7. The molecule has 0 saturated carbocycles. The highest BCUT2D eigenvalue weighted by Gasteiger charge is 2.36. The van der Waals surface area contributed by atoms with Gasteiger partial charge >= 0.3 is 0 Å². The van der Waals surface area contributed by atoms with E-state index in [1.807, 2.05) is 27.8 Å². The highest BCUT2D eigenvalue weighted by Crippen LogP contribution is 2.33. The van der Waals surface area contributed by atoms with E-state index in [0.717, 1.165) is 11.3 Å². The van der Waals surface area contributed by atoms with Crippen LogP contribution in [0.1, 0.15) is 45.2 Å². The van der Waals surface area contributed by atoms with Crippen molar-refractivity contribution in [2.24, 2.45) is 5.92 Å². The minimum atomic E-state index is -0.383. The van der Waals surface area contributed by atoms with E-state index in [1.165, 1.54) is 26.7 Å². The number of likely N-dealkylation sites (tertiary alicyclic amines) is 1. The number of amides is 2. The number of pyridine rings is 1. The van der Waals surface area contributed by atoms with Gasteiger partial charge in [-0.2, -0.15) is 5.10 Å². The topological polar surface area (TPSA) is 123 Å². The first-order chi connectivity index (χ1) is 20.3. The number of nitrogens with one attached hydrogen (secondary N) is 1. The number of aryl methyl sites for hydroxylation is 2. The number of rotatable bonds is 3. The Kier molecular flexibility index (Phi) is 7.46. The molecule has 218 valence electrons. The molecule has 1 N–H and O–H groups in total. The van der Waals surface area contributed by atoms with Crippen LogP contribution in [0.5, 0.6) is 0 Å². The van der Waals surface area contributed by atoms with E-state index < -0.39 is 0 Å². The Bertz CT molecular complexity index is 1670. The van der Waals surface area contributed by atoms with Crippen LogP contribution >= 0.6 is 0 Å². The van der Waals surface area contributed by atoms with Crippen LogP contribution in [0.15, 0.2) is 59.9 Å². The molecule has 0 aliphatic carbocycles. The molecular formula is C30H35N9O3. The van der Waals surface area contributed by atoms with E-state index in [1.54, 1.807) is 25.5 Å². The Balaban J connectivity index is 1.31. The van der Waals surface area contributed by atoms with Crippen LogP contribution in [0.3, 0.4) is 0 Å². The molecule has 3 aromatic heterocycles. The van der Waals surface area contributed by atoms with E-state index in [0.29, 0.717) is 44.8 Å². The summed E-state index contributed by atoms with van der Waals surface area (Å²) in [6.45, 7) is 7.09. The van der Waals surface area contributed by atoms with Crippen molar-refractivity contribution in [3.05, 3.63) is 93.4 Å². The first-order valence-corrected chi connectivity index (χ1v) is 14.2. The minimum absolute atomic E-state index is 0.00285. The quantitative estimate of drug-likeness (QED) is 0.397. The van der Waals surface area contributed by atoms with Gasteiger partial charge in [0.2, 0.25) is 5.91 Å². The molecule has 0 spiro atoms. The summed E-state index contributed by atoms with van der Waals surface area (Å²) in [7, 11) is 1.63. The van der Waals surface area contributed by atoms with Crippen molar-refractivity contribution in [1.29, 1.82) is 0 Å². The Hall–Kier alpha value is -4.58.